The van der Waals surface area contributed by atoms with Gasteiger partial charge in [-0.15, -0.1) is 0 Å². The highest BCUT2D eigenvalue weighted by Crippen LogP contribution is 2.24. The van der Waals surface area contributed by atoms with Crippen molar-refractivity contribution in [3.8, 4) is 0 Å². The van der Waals surface area contributed by atoms with Gasteiger partial charge in [0.2, 0.25) is 11.8 Å². The number of hydrogen-bond acceptors (Lipinski definition) is 5. The fourth-order valence-corrected chi connectivity index (χ4v) is 3.20. The van der Waals surface area contributed by atoms with Crippen LogP contribution in [0.15, 0.2) is 42.7 Å². The Morgan fingerprint density at radius 1 is 0.933 bits per heavy atom. The summed E-state index contributed by atoms with van der Waals surface area (Å²) in [5.41, 5.74) is 2.70. The number of aromatic nitrogens is 1. The molecular weight excluding hydrogens is 384 g/mol. The van der Waals surface area contributed by atoms with Crippen molar-refractivity contribution in [3.63, 3.8) is 0 Å². The third-order valence-electron chi connectivity index (χ3n) is 4.83. The van der Waals surface area contributed by atoms with Gasteiger partial charge in [-0.05, 0) is 43.2 Å². The van der Waals surface area contributed by atoms with Crippen molar-refractivity contribution in [1.29, 1.82) is 0 Å². The van der Waals surface area contributed by atoms with Gasteiger partial charge in [0, 0.05) is 44.9 Å². The van der Waals surface area contributed by atoms with E-state index in [4.69, 9.17) is 0 Å². The van der Waals surface area contributed by atoms with Crippen molar-refractivity contribution in [2.45, 2.75) is 32.7 Å². The molecule has 0 unspecified atom stereocenters. The lowest BCUT2D eigenvalue weighted by Gasteiger charge is -2.13. The maximum Gasteiger partial charge on any atom is 0.261 e. The molecule has 4 amide bonds. The largest absolute Gasteiger partial charge is 0.356 e. The van der Waals surface area contributed by atoms with Gasteiger partial charge in [-0.1, -0.05) is 11.6 Å². The van der Waals surface area contributed by atoms with E-state index < -0.39 is 0 Å². The first kappa shape index (κ1) is 21.2. The SMILES string of the molecule is Cc1ccc2c(c1)C(=O)N(CCCC(=O)NCCC(=O)NCc1ccncc1)C2=O. The number of benzene rings is 1. The van der Waals surface area contributed by atoms with Crippen molar-refractivity contribution in [2.24, 2.45) is 0 Å². The molecular formula is C22H24N4O4. The van der Waals surface area contributed by atoms with Gasteiger partial charge in [-0.25, -0.2) is 0 Å². The van der Waals surface area contributed by atoms with E-state index in [1.165, 1.54) is 4.90 Å². The summed E-state index contributed by atoms with van der Waals surface area (Å²) in [6, 6.07) is 8.81. The number of hydrogen-bond donors (Lipinski definition) is 2. The van der Waals surface area contributed by atoms with Crippen LogP contribution in [0.1, 0.15) is 51.1 Å². The Kier molecular flexibility index (Phi) is 6.90. The van der Waals surface area contributed by atoms with Crippen molar-refractivity contribution < 1.29 is 19.2 Å². The quantitative estimate of drug-likeness (QED) is 0.613. The molecule has 0 aliphatic carbocycles. The number of nitrogens with zero attached hydrogens (tertiary/aromatic N) is 2. The molecule has 0 bridgehead atoms. The van der Waals surface area contributed by atoms with E-state index >= 15 is 0 Å². The van der Waals surface area contributed by atoms with Crippen LogP contribution in [0.4, 0.5) is 0 Å². The highest BCUT2D eigenvalue weighted by Gasteiger charge is 2.34. The third kappa shape index (κ3) is 5.28. The maximum absolute atomic E-state index is 12.4. The first-order chi connectivity index (χ1) is 14.5. The summed E-state index contributed by atoms with van der Waals surface area (Å²) in [5.74, 6) is -1.01. The Labute approximate surface area is 174 Å². The lowest BCUT2D eigenvalue weighted by molar-refractivity contribution is -0.122. The predicted molar refractivity (Wildman–Crippen MR) is 109 cm³/mol. The Hall–Kier alpha value is -3.55. The summed E-state index contributed by atoms with van der Waals surface area (Å²) in [5, 5.41) is 5.46. The van der Waals surface area contributed by atoms with E-state index in [-0.39, 0.29) is 49.6 Å². The first-order valence-electron chi connectivity index (χ1n) is 9.85. The second kappa shape index (κ2) is 9.78. The molecule has 156 valence electrons. The average Bonchev–Trinajstić information content (AvgIpc) is 2.97. The summed E-state index contributed by atoms with van der Waals surface area (Å²) in [6.07, 6.45) is 4.03. The summed E-state index contributed by atoms with van der Waals surface area (Å²) in [7, 11) is 0. The molecule has 8 heteroatoms. The molecule has 0 atom stereocenters. The van der Waals surface area contributed by atoms with E-state index in [9.17, 15) is 19.2 Å². The van der Waals surface area contributed by atoms with E-state index in [0.29, 0.717) is 24.1 Å². The molecule has 1 aliphatic heterocycles. The molecule has 0 fully saturated rings. The van der Waals surface area contributed by atoms with E-state index in [1.54, 1.807) is 30.6 Å². The van der Waals surface area contributed by atoms with E-state index in [0.717, 1.165) is 11.1 Å². The fraction of sp³-hybridized carbons (Fsp3) is 0.318. The Balaban J connectivity index is 1.33. The van der Waals surface area contributed by atoms with E-state index in [1.807, 2.05) is 19.1 Å². The standard InChI is InChI=1S/C22H24N4O4/c1-15-4-5-17-18(13-15)22(30)26(21(17)29)12-2-3-19(27)24-11-8-20(28)25-14-16-6-9-23-10-7-16/h4-7,9-10,13H,2-3,8,11-12,14H2,1H3,(H,24,27)(H,25,28). The smallest absolute Gasteiger partial charge is 0.261 e. The van der Waals surface area contributed by atoms with Gasteiger partial charge >= 0.3 is 0 Å². The molecule has 0 saturated carbocycles. The summed E-state index contributed by atoms with van der Waals surface area (Å²) < 4.78 is 0. The third-order valence-corrected chi connectivity index (χ3v) is 4.83. The van der Waals surface area contributed by atoms with Crippen molar-refractivity contribution in [3.05, 3.63) is 65.0 Å². The Bertz CT molecular complexity index is 959. The normalized spacial score (nSPS) is 12.6. The zero-order valence-corrected chi connectivity index (χ0v) is 16.8. The summed E-state index contributed by atoms with van der Waals surface area (Å²) in [6.45, 7) is 2.69. The van der Waals surface area contributed by atoms with Crippen LogP contribution in [0.5, 0.6) is 0 Å². The minimum atomic E-state index is -0.318. The molecule has 1 aromatic heterocycles. The first-order valence-corrected chi connectivity index (χ1v) is 9.85. The fourth-order valence-electron chi connectivity index (χ4n) is 3.20. The van der Waals surface area contributed by atoms with Crippen LogP contribution in [-0.2, 0) is 16.1 Å². The van der Waals surface area contributed by atoms with Crippen LogP contribution in [-0.4, -0.2) is 46.6 Å². The summed E-state index contributed by atoms with van der Waals surface area (Å²) >= 11 is 0. The average molecular weight is 408 g/mol. The minimum absolute atomic E-state index is 0.159. The maximum atomic E-state index is 12.4. The molecule has 0 spiro atoms. The van der Waals surface area contributed by atoms with E-state index in [2.05, 4.69) is 15.6 Å². The van der Waals surface area contributed by atoms with Gasteiger partial charge < -0.3 is 10.6 Å². The zero-order chi connectivity index (χ0) is 21.5. The molecule has 1 aromatic carbocycles. The lowest BCUT2D eigenvalue weighted by Crippen LogP contribution is -2.33. The van der Waals surface area contributed by atoms with Crippen LogP contribution < -0.4 is 10.6 Å². The van der Waals surface area contributed by atoms with Crippen LogP contribution in [0, 0.1) is 6.92 Å². The lowest BCUT2D eigenvalue weighted by atomic mass is 10.1. The molecule has 1 aliphatic rings. The number of carbonyl (C=O) groups excluding carboxylic acids is 4. The van der Waals surface area contributed by atoms with Gasteiger partial charge in [0.25, 0.3) is 11.8 Å². The van der Waals surface area contributed by atoms with Crippen LogP contribution >= 0.6 is 0 Å². The van der Waals surface area contributed by atoms with Crippen LogP contribution in [0.2, 0.25) is 0 Å². The van der Waals surface area contributed by atoms with Crippen LogP contribution in [0.3, 0.4) is 0 Å². The van der Waals surface area contributed by atoms with Crippen molar-refractivity contribution >= 4 is 23.6 Å². The molecule has 30 heavy (non-hydrogen) atoms. The number of aryl methyl sites for hydroxylation is 1. The number of imide groups is 1. The molecule has 3 rings (SSSR count). The highest BCUT2D eigenvalue weighted by atomic mass is 16.2. The minimum Gasteiger partial charge on any atom is -0.356 e. The highest BCUT2D eigenvalue weighted by molar-refractivity contribution is 6.21. The second-order valence-electron chi connectivity index (χ2n) is 7.15. The Morgan fingerprint density at radius 3 is 2.40 bits per heavy atom. The zero-order valence-electron chi connectivity index (χ0n) is 16.8. The number of nitrogens with one attached hydrogen (secondary N) is 2. The molecule has 2 aromatic rings. The molecule has 0 saturated heterocycles. The number of pyridine rings is 1. The number of carbonyl (C=O) groups is 4. The monoisotopic (exact) mass is 408 g/mol. The molecule has 2 heterocycles. The predicted octanol–water partition coefficient (Wildman–Crippen LogP) is 1.59. The molecule has 8 nitrogen and oxygen atoms in total. The van der Waals surface area contributed by atoms with Gasteiger partial charge in [0.1, 0.15) is 0 Å². The second-order valence-corrected chi connectivity index (χ2v) is 7.15. The van der Waals surface area contributed by atoms with Gasteiger partial charge in [0.05, 0.1) is 11.1 Å². The van der Waals surface area contributed by atoms with Crippen LogP contribution in [0.25, 0.3) is 0 Å². The molecule has 0 radical (unpaired) electrons. The van der Waals surface area contributed by atoms with Crippen molar-refractivity contribution in [1.82, 2.24) is 20.5 Å². The number of fused-ring (bicyclic) bond motifs is 1. The molecule has 2 N–H and O–H groups in total. The summed E-state index contributed by atoms with van der Waals surface area (Å²) in [4.78, 5) is 53.7. The van der Waals surface area contributed by atoms with Gasteiger partial charge in [-0.3, -0.25) is 29.1 Å². The van der Waals surface area contributed by atoms with Crippen molar-refractivity contribution in [2.75, 3.05) is 13.1 Å². The number of amides is 4. The van der Waals surface area contributed by atoms with Gasteiger partial charge in [0.15, 0.2) is 0 Å². The van der Waals surface area contributed by atoms with Gasteiger partial charge in [-0.2, -0.15) is 0 Å². The topological polar surface area (TPSA) is 108 Å². The number of rotatable bonds is 9. The Morgan fingerprint density at radius 2 is 1.63 bits per heavy atom.